The van der Waals surface area contributed by atoms with Crippen molar-refractivity contribution >= 4 is 11.7 Å². The third-order valence-electron chi connectivity index (χ3n) is 4.31. The minimum Gasteiger partial charge on any atom is -0.491 e. The van der Waals surface area contributed by atoms with E-state index in [1.54, 1.807) is 4.90 Å². The highest BCUT2D eigenvalue weighted by molar-refractivity contribution is 5.94. The van der Waals surface area contributed by atoms with Gasteiger partial charge in [-0.1, -0.05) is 50.2 Å². The molecule has 0 bridgehead atoms. The van der Waals surface area contributed by atoms with E-state index in [0.717, 1.165) is 24.4 Å². The van der Waals surface area contributed by atoms with Gasteiger partial charge in [0.25, 0.3) is 0 Å². The van der Waals surface area contributed by atoms with E-state index in [4.69, 9.17) is 4.74 Å². The molecule has 3 rings (SSSR count). The van der Waals surface area contributed by atoms with Crippen molar-refractivity contribution in [2.45, 2.75) is 26.2 Å². The highest BCUT2D eigenvalue weighted by Crippen LogP contribution is 2.27. The smallest absolute Gasteiger partial charge is 0.322 e. The summed E-state index contributed by atoms with van der Waals surface area (Å²) in [5.41, 5.74) is 3.44. The number of amides is 2. The number of carbonyl (C=O) groups is 1. The molecule has 1 N–H and O–H groups in total. The zero-order valence-electron chi connectivity index (χ0n) is 14.3. The zero-order chi connectivity index (χ0) is 16.9. The van der Waals surface area contributed by atoms with E-state index in [1.165, 1.54) is 11.1 Å². The lowest BCUT2D eigenvalue weighted by Gasteiger charge is -2.18. The molecular weight excluding hydrogens is 300 g/mol. The Hall–Kier alpha value is -2.49. The van der Waals surface area contributed by atoms with E-state index in [0.29, 0.717) is 19.1 Å². The maximum absolute atomic E-state index is 12.4. The minimum atomic E-state index is -0.0549. The number of carbonyl (C=O) groups excluding carboxylic acids is 1. The quantitative estimate of drug-likeness (QED) is 0.846. The summed E-state index contributed by atoms with van der Waals surface area (Å²) in [6.45, 7) is 5.99. The number of benzene rings is 2. The monoisotopic (exact) mass is 324 g/mol. The van der Waals surface area contributed by atoms with Crippen molar-refractivity contribution in [3.63, 3.8) is 0 Å². The fourth-order valence-corrected chi connectivity index (χ4v) is 3.05. The molecule has 0 fully saturated rings. The van der Waals surface area contributed by atoms with Crippen LogP contribution in [0.15, 0.2) is 48.5 Å². The average Bonchev–Trinajstić information content (AvgIpc) is 3.03. The maximum Gasteiger partial charge on any atom is 0.322 e. The summed E-state index contributed by atoms with van der Waals surface area (Å²) in [7, 11) is 0. The molecular formula is C20H24N2O2. The van der Waals surface area contributed by atoms with Crippen LogP contribution in [0.4, 0.5) is 10.5 Å². The Morgan fingerprint density at radius 3 is 2.75 bits per heavy atom. The van der Waals surface area contributed by atoms with E-state index in [1.807, 2.05) is 36.4 Å². The number of nitrogens with one attached hydrogen (secondary N) is 1. The van der Waals surface area contributed by atoms with Crippen molar-refractivity contribution in [3.8, 4) is 5.75 Å². The Kier molecular flexibility index (Phi) is 5.04. The predicted molar refractivity (Wildman–Crippen MR) is 96.9 cm³/mol. The van der Waals surface area contributed by atoms with Gasteiger partial charge in [0.05, 0.1) is 6.54 Å². The van der Waals surface area contributed by atoms with Crippen LogP contribution in [0.2, 0.25) is 0 Å². The number of hydrogen-bond acceptors (Lipinski definition) is 2. The fraction of sp³-hybridized carbons (Fsp3) is 0.350. The van der Waals surface area contributed by atoms with Crippen LogP contribution in [-0.4, -0.2) is 25.7 Å². The summed E-state index contributed by atoms with van der Waals surface area (Å²) in [5.74, 6) is 1.31. The zero-order valence-corrected chi connectivity index (χ0v) is 14.3. The molecule has 2 aromatic carbocycles. The lowest BCUT2D eigenvalue weighted by Crippen LogP contribution is -2.40. The molecule has 2 amide bonds. The van der Waals surface area contributed by atoms with Crippen LogP contribution >= 0.6 is 0 Å². The molecule has 24 heavy (non-hydrogen) atoms. The number of nitrogens with zero attached hydrogens (tertiary/aromatic N) is 1. The van der Waals surface area contributed by atoms with Gasteiger partial charge in [-0.05, 0) is 35.6 Å². The van der Waals surface area contributed by atoms with Gasteiger partial charge in [-0.25, -0.2) is 4.79 Å². The lowest BCUT2D eigenvalue weighted by molar-refractivity contribution is 0.242. The van der Waals surface area contributed by atoms with Gasteiger partial charge in [0.1, 0.15) is 12.4 Å². The summed E-state index contributed by atoms with van der Waals surface area (Å²) in [5, 5.41) is 2.95. The first kappa shape index (κ1) is 16.4. The second-order valence-corrected chi connectivity index (χ2v) is 6.30. The van der Waals surface area contributed by atoms with Crippen molar-refractivity contribution in [3.05, 3.63) is 59.7 Å². The van der Waals surface area contributed by atoms with Crippen molar-refractivity contribution in [2.24, 2.45) is 0 Å². The van der Waals surface area contributed by atoms with Crippen molar-refractivity contribution in [1.82, 2.24) is 5.32 Å². The van der Waals surface area contributed by atoms with Crippen LogP contribution in [0.3, 0.4) is 0 Å². The molecule has 0 saturated heterocycles. The molecule has 1 heterocycles. The van der Waals surface area contributed by atoms with E-state index in [9.17, 15) is 4.79 Å². The molecule has 1 aliphatic heterocycles. The van der Waals surface area contributed by atoms with Gasteiger partial charge in [0, 0.05) is 12.2 Å². The second-order valence-electron chi connectivity index (χ2n) is 6.30. The third kappa shape index (κ3) is 3.53. The second kappa shape index (κ2) is 7.39. The summed E-state index contributed by atoms with van der Waals surface area (Å²) in [6, 6.07) is 16.1. The number of anilines is 1. The van der Waals surface area contributed by atoms with Gasteiger partial charge in [-0.2, -0.15) is 0 Å². The van der Waals surface area contributed by atoms with Crippen molar-refractivity contribution in [2.75, 3.05) is 24.6 Å². The van der Waals surface area contributed by atoms with Crippen LogP contribution in [0.25, 0.3) is 0 Å². The van der Waals surface area contributed by atoms with Gasteiger partial charge in [0.15, 0.2) is 0 Å². The standard InChI is InChI=1S/C20H24N2O2/c1-15(2)17-8-4-6-10-19(17)24-14-12-21-20(23)22-13-11-16-7-3-5-9-18(16)22/h3-10,15H,11-14H2,1-2H3,(H,21,23). The van der Waals surface area contributed by atoms with E-state index >= 15 is 0 Å². The summed E-state index contributed by atoms with van der Waals surface area (Å²) < 4.78 is 5.85. The number of ether oxygens (including phenoxy) is 1. The van der Waals surface area contributed by atoms with Crippen LogP contribution in [-0.2, 0) is 6.42 Å². The van der Waals surface area contributed by atoms with Gasteiger partial charge in [-0.3, -0.25) is 4.90 Å². The predicted octanol–water partition coefficient (Wildman–Crippen LogP) is 3.96. The third-order valence-corrected chi connectivity index (χ3v) is 4.31. The molecule has 126 valence electrons. The van der Waals surface area contributed by atoms with Crippen LogP contribution in [0.1, 0.15) is 30.9 Å². The van der Waals surface area contributed by atoms with Crippen LogP contribution < -0.4 is 15.0 Å². The Morgan fingerprint density at radius 1 is 1.17 bits per heavy atom. The number of fused-ring (bicyclic) bond motifs is 1. The van der Waals surface area contributed by atoms with Gasteiger partial charge in [0.2, 0.25) is 0 Å². The van der Waals surface area contributed by atoms with E-state index < -0.39 is 0 Å². The number of urea groups is 1. The first-order valence-corrected chi connectivity index (χ1v) is 8.52. The SMILES string of the molecule is CC(C)c1ccccc1OCCNC(=O)N1CCc2ccccc21. The van der Waals surface area contributed by atoms with Crippen molar-refractivity contribution < 1.29 is 9.53 Å². The molecule has 0 radical (unpaired) electrons. The lowest BCUT2D eigenvalue weighted by atomic mass is 10.0. The van der Waals surface area contributed by atoms with Crippen LogP contribution in [0, 0.1) is 0 Å². The van der Waals surface area contributed by atoms with Crippen molar-refractivity contribution in [1.29, 1.82) is 0 Å². The molecule has 0 saturated carbocycles. The first-order valence-electron chi connectivity index (χ1n) is 8.52. The Balaban J connectivity index is 1.50. The molecule has 0 aromatic heterocycles. The summed E-state index contributed by atoms with van der Waals surface area (Å²) >= 11 is 0. The highest BCUT2D eigenvalue weighted by Gasteiger charge is 2.23. The normalized spacial score (nSPS) is 13.0. The molecule has 4 nitrogen and oxygen atoms in total. The molecule has 0 spiro atoms. The fourth-order valence-electron chi connectivity index (χ4n) is 3.05. The number of para-hydroxylation sites is 2. The Bertz CT molecular complexity index is 712. The molecule has 1 aliphatic rings. The van der Waals surface area contributed by atoms with Gasteiger partial charge < -0.3 is 10.1 Å². The van der Waals surface area contributed by atoms with Gasteiger partial charge in [-0.15, -0.1) is 0 Å². The molecule has 2 aromatic rings. The largest absolute Gasteiger partial charge is 0.491 e. The highest BCUT2D eigenvalue weighted by atomic mass is 16.5. The molecule has 4 heteroatoms. The molecule has 0 atom stereocenters. The summed E-state index contributed by atoms with van der Waals surface area (Å²) in [6.07, 6.45) is 0.919. The molecule has 0 aliphatic carbocycles. The van der Waals surface area contributed by atoms with E-state index in [2.05, 4.69) is 31.3 Å². The molecule has 0 unspecified atom stereocenters. The van der Waals surface area contributed by atoms with Crippen LogP contribution in [0.5, 0.6) is 5.75 Å². The summed E-state index contributed by atoms with van der Waals surface area (Å²) in [4.78, 5) is 14.2. The first-order chi connectivity index (χ1) is 11.7. The minimum absolute atomic E-state index is 0.0549. The maximum atomic E-state index is 12.4. The topological polar surface area (TPSA) is 41.6 Å². The number of rotatable bonds is 5. The number of hydrogen-bond donors (Lipinski definition) is 1. The Labute approximate surface area is 143 Å². The van der Waals surface area contributed by atoms with Gasteiger partial charge >= 0.3 is 6.03 Å². The van der Waals surface area contributed by atoms with E-state index in [-0.39, 0.29) is 6.03 Å². The Morgan fingerprint density at radius 2 is 1.92 bits per heavy atom. The average molecular weight is 324 g/mol.